The van der Waals surface area contributed by atoms with Gasteiger partial charge >= 0.3 is 5.97 Å². The van der Waals surface area contributed by atoms with Crippen molar-refractivity contribution in [2.24, 2.45) is 0 Å². The highest BCUT2D eigenvalue weighted by Gasteiger charge is 2.23. The van der Waals surface area contributed by atoms with Gasteiger partial charge in [0.1, 0.15) is 0 Å². The monoisotopic (exact) mass is 291 g/mol. The van der Waals surface area contributed by atoms with Crippen molar-refractivity contribution in [3.05, 3.63) is 47.8 Å². The zero-order valence-electron chi connectivity index (χ0n) is 11.0. The van der Waals surface area contributed by atoms with Crippen LogP contribution in [0.25, 0.3) is 0 Å². The van der Waals surface area contributed by atoms with Gasteiger partial charge in [-0.25, -0.2) is 4.79 Å². The van der Waals surface area contributed by atoms with E-state index in [9.17, 15) is 14.7 Å². The van der Waals surface area contributed by atoms with Crippen molar-refractivity contribution >= 4 is 11.8 Å². The molecule has 0 fully saturated rings. The lowest BCUT2D eigenvalue weighted by molar-refractivity contribution is 0.0691. The SMILES string of the molecule is CC(=O)c1c(C(=O)O)cc(O)c(O)c1O.c1ccncc1. The Hall–Kier alpha value is -3.09. The van der Waals surface area contributed by atoms with Crippen LogP contribution in [0.1, 0.15) is 27.6 Å². The Morgan fingerprint density at radius 1 is 1.00 bits per heavy atom. The van der Waals surface area contributed by atoms with Crippen LogP contribution >= 0.6 is 0 Å². The molecule has 2 aromatic rings. The van der Waals surface area contributed by atoms with Crippen molar-refractivity contribution in [1.82, 2.24) is 4.98 Å². The molecule has 110 valence electrons. The Labute approximate surface area is 119 Å². The van der Waals surface area contributed by atoms with Gasteiger partial charge in [-0.3, -0.25) is 9.78 Å². The standard InChI is InChI=1S/C9H8O6.C5H5N/c1-3(10)6-4(9(14)15)2-5(11)7(12)8(6)13;1-2-4-6-5-3-1/h2,11-13H,1H3,(H,14,15);1-5H. The number of pyridine rings is 1. The van der Waals surface area contributed by atoms with Crippen molar-refractivity contribution in [2.45, 2.75) is 6.92 Å². The van der Waals surface area contributed by atoms with Gasteiger partial charge < -0.3 is 20.4 Å². The third-order valence-corrected chi connectivity index (χ3v) is 2.40. The number of nitrogens with zero attached hydrogens (tertiary/aromatic N) is 1. The second kappa shape index (κ2) is 6.90. The maximum Gasteiger partial charge on any atom is 0.336 e. The van der Waals surface area contributed by atoms with Gasteiger partial charge in [0, 0.05) is 12.4 Å². The van der Waals surface area contributed by atoms with E-state index >= 15 is 0 Å². The maximum atomic E-state index is 11.0. The quantitative estimate of drug-likeness (QED) is 0.490. The zero-order chi connectivity index (χ0) is 16.0. The molecule has 7 nitrogen and oxygen atoms in total. The summed E-state index contributed by atoms with van der Waals surface area (Å²) in [6, 6.07) is 6.42. The van der Waals surface area contributed by atoms with Crippen LogP contribution in [0.15, 0.2) is 36.7 Å². The summed E-state index contributed by atoms with van der Waals surface area (Å²) in [7, 11) is 0. The predicted octanol–water partition coefficient (Wildman–Crippen LogP) is 1.79. The smallest absolute Gasteiger partial charge is 0.336 e. The number of hydrogen-bond acceptors (Lipinski definition) is 6. The van der Waals surface area contributed by atoms with E-state index in [1.807, 2.05) is 18.2 Å². The van der Waals surface area contributed by atoms with Crippen molar-refractivity contribution in [2.75, 3.05) is 0 Å². The molecule has 0 atom stereocenters. The molecule has 1 aromatic heterocycles. The summed E-state index contributed by atoms with van der Waals surface area (Å²) in [5, 5.41) is 36.1. The molecule has 0 aliphatic carbocycles. The van der Waals surface area contributed by atoms with Gasteiger partial charge in [0.15, 0.2) is 17.3 Å². The van der Waals surface area contributed by atoms with E-state index in [4.69, 9.17) is 15.3 Å². The van der Waals surface area contributed by atoms with Gasteiger partial charge in [-0.05, 0) is 25.1 Å². The number of phenols is 3. The highest BCUT2D eigenvalue weighted by molar-refractivity contribution is 6.07. The minimum Gasteiger partial charge on any atom is -0.504 e. The lowest BCUT2D eigenvalue weighted by Crippen LogP contribution is -2.06. The molecule has 0 saturated heterocycles. The maximum absolute atomic E-state index is 11.0. The Bertz CT molecular complexity index is 628. The summed E-state index contributed by atoms with van der Waals surface area (Å²) in [6.07, 6.45) is 3.50. The molecule has 0 aliphatic heterocycles. The van der Waals surface area contributed by atoms with E-state index < -0.39 is 40.1 Å². The first kappa shape index (κ1) is 16.0. The average Bonchev–Trinajstić information content (AvgIpc) is 2.46. The molecule has 0 bridgehead atoms. The number of carbonyl (C=O) groups is 2. The second-order valence-corrected chi connectivity index (χ2v) is 3.90. The van der Waals surface area contributed by atoms with Crippen LogP contribution < -0.4 is 0 Å². The van der Waals surface area contributed by atoms with Crippen molar-refractivity contribution in [3.63, 3.8) is 0 Å². The van der Waals surface area contributed by atoms with Crippen molar-refractivity contribution < 1.29 is 30.0 Å². The van der Waals surface area contributed by atoms with Crippen LogP contribution in [-0.4, -0.2) is 37.2 Å². The van der Waals surface area contributed by atoms with E-state index in [2.05, 4.69) is 4.98 Å². The molecular formula is C14H13NO6. The molecule has 1 aromatic carbocycles. The van der Waals surface area contributed by atoms with Crippen LogP contribution in [0, 0.1) is 0 Å². The number of carboxylic acid groups (broad SMARTS) is 1. The van der Waals surface area contributed by atoms with E-state index in [-0.39, 0.29) is 0 Å². The number of carboxylic acids is 1. The first-order valence-electron chi connectivity index (χ1n) is 5.73. The zero-order valence-corrected chi connectivity index (χ0v) is 11.0. The van der Waals surface area contributed by atoms with Crippen LogP contribution in [0.2, 0.25) is 0 Å². The highest BCUT2D eigenvalue weighted by Crippen LogP contribution is 2.39. The third-order valence-electron chi connectivity index (χ3n) is 2.40. The molecule has 0 radical (unpaired) electrons. The number of Topliss-reactive ketones (excluding diaryl/α,β-unsaturated/α-hetero) is 1. The summed E-state index contributed by atoms with van der Waals surface area (Å²) in [6.45, 7) is 1.04. The minimum atomic E-state index is -1.48. The summed E-state index contributed by atoms with van der Waals surface area (Å²) >= 11 is 0. The largest absolute Gasteiger partial charge is 0.504 e. The lowest BCUT2D eigenvalue weighted by atomic mass is 10.0. The second-order valence-electron chi connectivity index (χ2n) is 3.90. The fourth-order valence-corrected chi connectivity index (χ4v) is 1.48. The normalized spacial score (nSPS) is 9.38. The van der Waals surface area contributed by atoms with E-state index in [0.29, 0.717) is 6.07 Å². The average molecular weight is 291 g/mol. The number of rotatable bonds is 2. The topological polar surface area (TPSA) is 128 Å². The molecule has 0 aliphatic rings. The van der Waals surface area contributed by atoms with Crippen molar-refractivity contribution in [1.29, 1.82) is 0 Å². The van der Waals surface area contributed by atoms with Gasteiger partial charge in [-0.2, -0.15) is 0 Å². The molecule has 21 heavy (non-hydrogen) atoms. The Morgan fingerprint density at radius 3 is 1.90 bits per heavy atom. The van der Waals surface area contributed by atoms with Gasteiger partial charge in [-0.15, -0.1) is 0 Å². The van der Waals surface area contributed by atoms with Gasteiger partial charge in [0.2, 0.25) is 5.75 Å². The highest BCUT2D eigenvalue weighted by atomic mass is 16.4. The van der Waals surface area contributed by atoms with Crippen LogP contribution in [-0.2, 0) is 0 Å². The molecule has 2 rings (SSSR count). The number of aromatic hydroxyl groups is 3. The van der Waals surface area contributed by atoms with Crippen molar-refractivity contribution in [3.8, 4) is 17.2 Å². The number of aromatic carboxylic acids is 1. The Morgan fingerprint density at radius 2 is 1.57 bits per heavy atom. The summed E-state index contributed by atoms with van der Waals surface area (Å²) < 4.78 is 0. The van der Waals surface area contributed by atoms with Gasteiger partial charge in [-0.1, -0.05) is 6.07 Å². The molecule has 0 amide bonds. The number of phenolic OH excluding ortho intramolecular Hbond substituents is 3. The summed E-state index contributed by atoms with van der Waals surface area (Å²) in [5.41, 5.74) is -1.09. The Kier molecular flexibility index (Phi) is 5.24. The fraction of sp³-hybridized carbons (Fsp3) is 0.0714. The first-order valence-corrected chi connectivity index (χ1v) is 5.73. The number of aromatic nitrogens is 1. The number of benzene rings is 1. The predicted molar refractivity (Wildman–Crippen MR) is 72.6 cm³/mol. The molecule has 0 saturated carbocycles. The lowest BCUT2D eigenvalue weighted by Gasteiger charge is -2.08. The van der Waals surface area contributed by atoms with E-state index in [1.165, 1.54) is 0 Å². The first-order chi connectivity index (χ1) is 9.86. The number of ketones is 1. The van der Waals surface area contributed by atoms with Crippen LogP contribution in [0.4, 0.5) is 0 Å². The van der Waals surface area contributed by atoms with Gasteiger partial charge in [0.25, 0.3) is 0 Å². The minimum absolute atomic E-state index is 0.530. The van der Waals surface area contributed by atoms with E-state index in [0.717, 1.165) is 6.92 Å². The molecule has 0 spiro atoms. The molecule has 4 N–H and O–H groups in total. The molecular weight excluding hydrogens is 278 g/mol. The summed E-state index contributed by atoms with van der Waals surface area (Å²) in [5.74, 6) is -4.84. The number of carbonyl (C=O) groups excluding carboxylic acids is 1. The number of hydrogen-bond donors (Lipinski definition) is 4. The molecule has 0 unspecified atom stereocenters. The fourth-order valence-electron chi connectivity index (χ4n) is 1.48. The van der Waals surface area contributed by atoms with Crippen LogP contribution in [0.5, 0.6) is 17.2 Å². The molecule has 1 heterocycles. The van der Waals surface area contributed by atoms with E-state index in [1.54, 1.807) is 12.4 Å². The Balaban J connectivity index is 0.000000304. The van der Waals surface area contributed by atoms with Crippen LogP contribution in [0.3, 0.4) is 0 Å². The molecule has 7 heteroatoms. The summed E-state index contributed by atoms with van der Waals surface area (Å²) in [4.78, 5) is 25.5. The van der Waals surface area contributed by atoms with Gasteiger partial charge in [0.05, 0.1) is 11.1 Å². The third kappa shape index (κ3) is 3.93.